The molecule has 0 radical (unpaired) electrons. The van der Waals surface area contributed by atoms with Gasteiger partial charge in [-0.3, -0.25) is 9.20 Å². The molecule has 0 atom stereocenters. The van der Waals surface area contributed by atoms with Crippen LogP contribution in [0.2, 0.25) is 0 Å². The lowest BCUT2D eigenvalue weighted by molar-refractivity contribution is -0.132. The average Bonchev–Trinajstić information content (AvgIpc) is 2.97. The van der Waals surface area contributed by atoms with Crippen LogP contribution in [0.5, 0.6) is 0 Å². The van der Waals surface area contributed by atoms with Gasteiger partial charge in [0.2, 0.25) is 15.9 Å². The van der Waals surface area contributed by atoms with E-state index in [1.165, 1.54) is 10.6 Å². The van der Waals surface area contributed by atoms with E-state index in [1.807, 2.05) is 28.8 Å². The van der Waals surface area contributed by atoms with E-state index >= 15 is 0 Å². The number of rotatable bonds is 5. The molecule has 130 valence electrons. The van der Waals surface area contributed by atoms with Crippen molar-refractivity contribution < 1.29 is 13.2 Å². The van der Waals surface area contributed by atoms with Crippen molar-refractivity contribution in [3.8, 4) is 0 Å². The van der Waals surface area contributed by atoms with Gasteiger partial charge in [0.15, 0.2) is 5.65 Å². The third-order valence-electron chi connectivity index (χ3n) is 4.24. The first-order chi connectivity index (χ1) is 11.4. The van der Waals surface area contributed by atoms with E-state index in [0.29, 0.717) is 45.4 Å². The van der Waals surface area contributed by atoms with Crippen LogP contribution in [0.1, 0.15) is 18.7 Å². The Balaban J connectivity index is 1.48. The van der Waals surface area contributed by atoms with Gasteiger partial charge in [-0.2, -0.15) is 4.31 Å². The zero-order valence-electron chi connectivity index (χ0n) is 13.6. The van der Waals surface area contributed by atoms with Crippen LogP contribution in [0.3, 0.4) is 0 Å². The van der Waals surface area contributed by atoms with E-state index in [4.69, 9.17) is 0 Å². The summed E-state index contributed by atoms with van der Waals surface area (Å²) in [6, 6.07) is 5.72. The molecular formula is C15H21N5O3S. The van der Waals surface area contributed by atoms with Crippen molar-refractivity contribution in [1.82, 2.24) is 23.8 Å². The fourth-order valence-corrected chi connectivity index (χ4v) is 3.71. The second kappa shape index (κ2) is 6.86. The predicted molar refractivity (Wildman–Crippen MR) is 88.9 cm³/mol. The minimum Gasteiger partial charge on any atom is -0.340 e. The van der Waals surface area contributed by atoms with Crippen molar-refractivity contribution in [3.05, 3.63) is 30.2 Å². The molecule has 3 heterocycles. The van der Waals surface area contributed by atoms with Crippen LogP contribution < -0.4 is 0 Å². The monoisotopic (exact) mass is 351 g/mol. The summed E-state index contributed by atoms with van der Waals surface area (Å²) in [5.74, 6) is 0.914. The van der Waals surface area contributed by atoms with Crippen molar-refractivity contribution >= 4 is 21.6 Å². The van der Waals surface area contributed by atoms with Gasteiger partial charge in [0.1, 0.15) is 5.82 Å². The summed E-state index contributed by atoms with van der Waals surface area (Å²) in [5.41, 5.74) is 0.802. The first-order valence-electron chi connectivity index (χ1n) is 7.97. The van der Waals surface area contributed by atoms with Crippen LogP contribution in [0.15, 0.2) is 24.4 Å². The van der Waals surface area contributed by atoms with Gasteiger partial charge < -0.3 is 4.90 Å². The Labute approximate surface area is 141 Å². The highest BCUT2D eigenvalue weighted by atomic mass is 32.2. The molecule has 0 bridgehead atoms. The normalized spacial score (nSPS) is 16.6. The summed E-state index contributed by atoms with van der Waals surface area (Å²) in [6.45, 7) is 1.66. The molecule has 0 saturated carbocycles. The van der Waals surface area contributed by atoms with E-state index in [9.17, 15) is 13.2 Å². The molecule has 0 unspecified atom stereocenters. The standard InChI is InChI=1S/C15H21N5O3S/c1-24(22,23)19-11-9-18(10-12-19)15(21)7-4-6-14-17-16-13-5-2-3-8-20(13)14/h2-3,5,8H,4,6-7,9-12H2,1H3. The summed E-state index contributed by atoms with van der Waals surface area (Å²) in [5, 5.41) is 8.25. The van der Waals surface area contributed by atoms with Crippen molar-refractivity contribution in [2.24, 2.45) is 0 Å². The Morgan fingerprint density at radius 3 is 2.62 bits per heavy atom. The highest BCUT2D eigenvalue weighted by Gasteiger charge is 2.25. The third-order valence-corrected chi connectivity index (χ3v) is 5.54. The van der Waals surface area contributed by atoms with Crippen LogP contribution in [-0.2, 0) is 21.2 Å². The van der Waals surface area contributed by atoms with Crippen LogP contribution in [0.25, 0.3) is 5.65 Å². The van der Waals surface area contributed by atoms with Crippen molar-refractivity contribution in [2.75, 3.05) is 32.4 Å². The Hall–Kier alpha value is -2.00. The molecule has 0 aromatic carbocycles. The Morgan fingerprint density at radius 1 is 1.17 bits per heavy atom. The maximum Gasteiger partial charge on any atom is 0.222 e. The fraction of sp³-hybridized carbons (Fsp3) is 0.533. The Morgan fingerprint density at radius 2 is 1.92 bits per heavy atom. The predicted octanol–water partition coefficient (Wildman–Crippen LogP) is 0.156. The van der Waals surface area contributed by atoms with Gasteiger partial charge in [0.25, 0.3) is 0 Å². The molecule has 3 rings (SSSR count). The highest BCUT2D eigenvalue weighted by Crippen LogP contribution is 2.10. The molecule has 8 nitrogen and oxygen atoms in total. The molecule has 0 aliphatic carbocycles. The average molecular weight is 351 g/mol. The number of aryl methyl sites for hydroxylation is 1. The number of nitrogens with zero attached hydrogens (tertiary/aromatic N) is 5. The second-order valence-corrected chi connectivity index (χ2v) is 7.92. The van der Waals surface area contributed by atoms with Gasteiger partial charge in [0.05, 0.1) is 6.26 Å². The van der Waals surface area contributed by atoms with Crippen LogP contribution in [0, 0.1) is 0 Å². The van der Waals surface area contributed by atoms with E-state index in [2.05, 4.69) is 10.2 Å². The van der Waals surface area contributed by atoms with Crippen LogP contribution >= 0.6 is 0 Å². The number of aromatic nitrogens is 3. The quantitative estimate of drug-likeness (QED) is 0.765. The van der Waals surface area contributed by atoms with Gasteiger partial charge in [-0.1, -0.05) is 6.07 Å². The maximum atomic E-state index is 12.3. The maximum absolute atomic E-state index is 12.3. The Bertz CT molecular complexity index is 825. The van der Waals surface area contributed by atoms with Gasteiger partial charge in [-0.15, -0.1) is 10.2 Å². The van der Waals surface area contributed by atoms with E-state index < -0.39 is 10.0 Å². The van der Waals surface area contributed by atoms with Crippen LogP contribution in [0.4, 0.5) is 0 Å². The molecule has 1 aliphatic heterocycles. The lowest BCUT2D eigenvalue weighted by atomic mass is 10.2. The minimum absolute atomic E-state index is 0.0666. The molecule has 0 N–H and O–H groups in total. The number of hydrogen-bond donors (Lipinski definition) is 0. The largest absolute Gasteiger partial charge is 0.340 e. The molecule has 9 heteroatoms. The summed E-state index contributed by atoms with van der Waals surface area (Å²) < 4.78 is 26.3. The number of fused-ring (bicyclic) bond motifs is 1. The highest BCUT2D eigenvalue weighted by molar-refractivity contribution is 7.88. The number of sulfonamides is 1. The molecule has 24 heavy (non-hydrogen) atoms. The molecule has 0 spiro atoms. The van der Waals surface area contributed by atoms with Gasteiger partial charge in [0, 0.05) is 45.2 Å². The minimum atomic E-state index is -3.16. The zero-order valence-corrected chi connectivity index (χ0v) is 14.4. The molecular weight excluding hydrogens is 330 g/mol. The lowest BCUT2D eigenvalue weighted by Gasteiger charge is -2.33. The number of carbonyl (C=O) groups is 1. The van der Waals surface area contributed by atoms with E-state index in [0.717, 1.165) is 11.5 Å². The van der Waals surface area contributed by atoms with Crippen molar-refractivity contribution in [1.29, 1.82) is 0 Å². The molecule has 1 amide bonds. The number of hydrogen-bond acceptors (Lipinski definition) is 5. The molecule has 2 aromatic heterocycles. The summed E-state index contributed by atoms with van der Waals surface area (Å²) in [6.07, 6.45) is 4.92. The summed E-state index contributed by atoms with van der Waals surface area (Å²) >= 11 is 0. The van der Waals surface area contributed by atoms with Crippen molar-refractivity contribution in [3.63, 3.8) is 0 Å². The topological polar surface area (TPSA) is 87.9 Å². The third kappa shape index (κ3) is 3.73. The SMILES string of the molecule is CS(=O)(=O)N1CCN(C(=O)CCCc2nnc3ccccn23)CC1. The van der Waals surface area contributed by atoms with Crippen molar-refractivity contribution in [2.45, 2.75) is 19.3 Å². The van der Waals surface area contributed by atoms with Gasteiger partial charge >= 0.3 is 0 Å². The van der Waals surface area contributed by atoms with E-state index in [1.54, 1.807) is 4.90 Å². The summed E-state index contributed by atoms with van der Waals surface area (Å²) in [4.78, 5) is 14.0. The van der Waals surface area contributed by atoms with Crippen LogP contribution in [-0.4, -0.2) is 70.6 Å². The second-order valence-electron chi connectivity index (χ2n) is 5.94. The van der Waals surface area contributed by atoms with Gasteiger partial charge in [-0.05, 0) is 18.6 Å². The first kappa shape index (κ1) is 16.8. The molecule has 1 fully saturated rings. The van der Waals surface area contributed by atoms with Gasteiger partial charge in [-0.25, -0.2) is 8.42 Å². The molecule has 1 saturated heterocycles. The Kier molecular flexibility index (Phi) is 4.81. The molecule has 1 aliphatic rings. The van der Waals surface area contributed by atoms with E-state index in [-0.39, 0.29) is 5.91 Å². The fourth-order valence-electron chi connectivity index (χ4n) is 2.89. The number of amides is 1. The smallest absolute Gasteiger partial charge is 0.222 e. The first-order valence-corrected chi connectivity index (χ1v) is 9.81. The molecule has 2 aromatic rings. The number of carbonyl (C=O) groups excluding carboxylic acids is 1. The number of piperazine rings is 1. The summed E-state index contributed by atoms with van der Waals surface area (Å²) in [7, 11) is -3.16. The lowest BCUT2D eigenvalue weighted by Crippen LogP contribution is -2.50. The zero-order chi connectivity index (χ0) is 17.2. The number of pyridine rings is 1.